The molecule has 0 aliphatic carbocycles. The molecule has 3 nitrogen and oxygen atoms in total. The summed E-state index contributed by atoms with van der Waals surface area (Å²) in [5.41, 5.74) is 6.98. The summed E-state index contributed by atoms with van der Waals surface area (Å²) >= 11 is 0. The van der Waals surface area contributed by atoms with Crippen LogP contribution < -0.4 is 4.90 Å². The lowest BCUT2D eigenvalue weighted by Gasteiger charge is -2.26. The van der Waals surface area contributed by atoms with Gasteiger partial charge in [-0.1, -0.05) is 36.4 Å². The first kappa shape index (κ1) is 19.7. The van der Waals surface area contributed by atoms with Crippen molar-refractivity contribution in [1.29, 1.82) is 0 Å². The largest absolute Gasteiger partial charge is 0.349 e. The van der Waals surface area contributed by atoms with Crippen LogP contribution in [0.15, 0.2) is 72.8 Å². The number of anilines is 3. The van der Waals surface area contributed by atoms with Gasteiger partial charge in [-0.3, -0.25) is 4.79 Å². The minimum Gasteiger partial charge on any atom is -0.349 e. The molecule has 0 saturated heterocycles. The monoisotopic (exact) mass is 372 g/mol. The Morgan fingerprint density at radius 2 is 1.25 bits per heavy atom. The highest BCUT2D eigenvalue weighted by Crippen LogP contribution is 2.35. The van der Waals surface area contributed by atoms with Gasteiger partial charge in [-0.15, -0.1) is 0 Å². The molecule has 0 spiro atoms. The van der Waals surface area contributed by atoms with Crippen molar-refractivity contribution in [3.63, 3.8) is 0 Å². The van der Waals surface area contributed by atoms with Gasteiger partial charge in [-0.25, -0.2) is 0 Å². The molecule has 3 aromatic carbocycles. The molecule has 0 aliphatic rings. The molecule has 0 heterocycles. The fourth-order valence-corrected chi connectivity index (χ4v) is 3.31. The Labute approximate surface area is 168 Å². The van der Waals surface area contributed by atoms with E-state index in [4.69, 9.17) is 0 Å². The topological polar surface area (TPSA) is 23.6 Å². The van der Waals surface area contributed by atoms with E-state index in [0.29, 0.717) is 6.42 Å². The van der Waals surface area contributed by atoms with Crippen molar-refractivity contribution in [2.24, 2.45) is 0 Å². The van der Waals surface area contributed by atoms with Crippen LogP contribution in [-0.4, -0.2) is 24.9 Å². The first-order chi connectivity index (χ1) is 13.4. The van der Waals surface area contributed by atoms with Crippen molar-refractivity contribution < 1.29 is 4.79 Å². The van der Waals surface area contributed by atoms with Gasteiger partial charge in [0.15, 0.2) is 0 Å². The molecule has 3 rings (SSSR count). The van der Waals surface area contributed by atoms with E-state index in [0.717, 1.165) is 29.0 Å². The summed E-state index contributed by atoms with van der Waals surface area (Å²) in [6.07, 6.45) is 1.26. The molecule has 0 aromatic heterocycles. The molecule has 0 aliphatic heterocycles. The van der Waals surface area contributed by atoms with Gasteiger partial charge in [-0.2, -0.15) is 0 Å². The van der Waals surface area contributed by atoms with Crippen molar-refractivity contribution in [2.45, 2.75) is 26.7 Å². The van der Waals surface area contributed by atoms with Crippen molar-refractivity contribution in [1.82, 2.24) is 4.90 Å². The van der Waals surface area contributed by atoms with Crippen LogP contribution in [-0.2, 0) is 11.2 Å². The molecule has 1 amide bonds. The van der Waals surface area contributed by atoms with Crippen LogP contribution in [0, 0.1) is 13.8 Å². The number of benzene rings is 3. The van der Waals surface area contributed by atoms with Crippen molar-refractivity contribution in [3.8, 4) is 0 Å². The Balaban J connectivity index is 1.99. The Morgan fingerprint density at radius 1 is 0.750 bits per heavy atom. The quantitative estimate of drug-likeness (QED) is 0.546. The van der Waals surface area contributed by atoms with E-state index in [2.05, 4.69) is 91.5 Å². The predicted octanol–water partition coefficient (Wildman–Crippen LogP) is 5.79. The Bertz CT molecular complexity index is 917. The first-order valence-corrected chi connectivity index (χ1v) is 9.66. The summed E-state index contributed by atoms with van der Waals surface area (Å²) in [5.74, 6) is 0.152. The Hall–Kier alpha value is -3.07. The molecule has 0 saturated carbocycles. The highest BCUT2D eigenvalue weighted by Gasteiger charge is 2.13. The second kappa shape index (κ2) is 8.75. The van der Waals surface area contributed by atoms with E-state index in [1.807, 2.05) is 0 Å². The van der Waals surface area contributed by atoms with Crippen LogP contribution >= 0.6 is 0 Å². The summed E-state index contributed by atoms with van der Waals surface area (Å²) in [6, 6.07) is 25.6. The van der Waals surface area contributed by atoms with Crippen molar-refractivity contribution in [3.05, 3.63) is 89.5 Å². The van der Waals surface area contributed by atoms with Crippen LogP contribution in [0.2, 0.25) is 0 Å². The average Bonchev–Trinajstić information content (AvgIpc) is 2.67. The molecule has 3 heteroatoms. The molecule has 0 fully saturated rings. The molecule has 3 aromatic rings. The van der Waals surface area contributed by atoms with E-state index in [1.165, 1.54) is 11.1 Å². The van der Waals surface area contributed by atoms with E-state index in [1.54, 1.807) is 19.0 Å². The lowest BCUT2D eigenvalue weighted by atomic mass is 10.1. The second-order valence-electron chi connectivity index (χ2n) is 7.47. The standard InChI is InChI=1S/C25H28N2O/c1-19-8-5-11-22(16-19)27(23-12-6-9-20(2)17-23)24-13-7-10-21(18-24)14-15-25(28)26(3)4/h5-13,16-18H,14-15H2,1-4H3. The molecule has 0 radical (unpaired) electrons. The van der Waals surface area contributed by atoms with Gasteiger partial charge >= 0.3 is 0 Å². The minimum absolute atomic E-state index is 0.152. The van der Waals surface area contributed by atoms with Crippen LogP contribution in [0.5, 0.6) is 0 Å². The third-order valence-electron chi connectivity index (χ3n) is 4.81. The van der Waals surface area contributed by atoms with E-state index >= 15 is 0 Å². The van der Waals surface area contributed by atoms with Gasteiger partial charge in [0.1, 0.15) is 0 Å². The summed E-state index contributed by atoms with van der Waals surface area (Å²) in [7, 11) is 3.60. The number of rotatable bonds is 6. The molecular weight excluding hydrogens is 344 g/mol. The maximum absolute atomic E-state index is 12.0. The third kappa shape index (κ3) is 4.80. The molecule has 0 N–H and O–H groups in total. The summed E-state index contributed by atoms with van der Waals surface area (Å²) in [4.78, 5) is 15.9. The average molecular weight is 373 g/mol. The number of hydrogen-bond donors (Lipinski definition) is 0. The molecule has 144 valence electrons. The van der Waals surface area contributed by atoms with Gasteiger partial charge in [-0.05, 0) is 73.4 Å². The fourth-order valence-electron chi connectivity index (χ4n) is 3.31. The SMILES string of the molecule is Cc1cccc(N(c2cccc(C)c2)c2cccc(CCC(=O)N(C)C)c2)c1. The van der Waals surface area contributed by atoms with E-state index in [-0.39, 0.29) is 5.91 Å². The zero-order chi connectivity index (χ0) is 20.1. The zero-order valence-corrected chi connectivity index (χ0v) is 17.1. The predicted molar refractivity (Wildman–Crippen MR) is 118 cm³/mol. The molecule has 0 bridgehead atoms. The highest BCUT2D eigenvalue weighted by molar-refractivity contribution is 5.78. The third-order valence-corrected chi connectivity index (χ3v) is 4.81. The van der Waals surface area contributed by atoms with Gasteiger partial charge in [0.25, 0.3) is 0 Å². The minimum atomic E-state index is 0.152. The van der Waals surface area contributed by atoms with Crippen molar-refractivity contribution >= 4 is 23.0 Å². The smallest absolute Gasteiger partial charge is 0.222 e. The number of carbonyl (C=O) groups is 1. The number of nitrogens with zero attached hydrogens (tertiary/aromatic N) is 2. The Kier molecular flexibility index (Phi) is 6.15. The van der Waals surface area contributed by atoms with E-state index < -0.39 is 0 Å². The molecular formula is C25H28N2O. The van der Waals surface area contributed by atoms with Gasteiger partial charge in [0, 0.05) is 37.6 Å². The molecule has 0 atom stereocenters. The number of hydrogen-bond acceptors (Lipinski definition) is 2. The van der Waals surface area contributed by atoms with Crippen LogP contribution in [0.3, 0.4) is 0 Å². The number of amides is 1. The number of aryl methyl sites for hydroxylation is 3. The zero-order valence-electron chi connectivity index (χ0n) is 17.1. The first-order valence-electron chi connectivity index (χ1n) is 9.66. The van der Waals surface area contributed by atoms with E-state index in [9.17, 15) is 4.79 Å². The van der Waals surface area contributed by atoms with Crippen LogP contribution in [0.25, 0.3) is 0 Å². The van der Waals surface area contributed by atoms with Crippen LogP contribution in [0.4, 0.5) is 17.1 Å². The lowest BCUT2D eigenvalue weighted by Crippen LogP contribution is -2.21. The second-order valence-corrected chi connectivity index (χ2v) is 7.47. The highest BCUT2D eigenvalue weighted by atomic mass is 16.2. The van der Waals surface area contributed by atoms with Crippen LogP contribution in [0.1, 0.15) is 23.1 Å². The summed E-state index contributed by atoms with van der Waals surface area (Å²) in [6.45, 7) is 4.22. The molecule has 28 heavy (non-hydrogen) atoms. The Morgan fingerprint density at radius 3 is 1.75 bits per heavy atom. The molecule has 0 unspecified atom stereocenters. The van der Waals surface area contributed by atoms with Gasteiger partial charge in [0.2, 0.25) is 5.91 Å². The summed E-state index contributed by atoms with van der Waals surface area (Å²) in [5, 5.41) is 0. The lowest BCUT2D eigenvalue weighted by molar-refractivity contribution is -0.128. The summed E-state index contributed by atoms with van der Waals surface area (Å²) < 4.78 is 0. The van der Waals surface area contributed by atoms with Crippen molar-refractivity contribution in [2.75, 3.05) is 19.0 Å². The fraction of sp³-hybridized carbons (Fsp3) is 0.240. The number of carbonyl (C=O) groups excluding carboxylic acids is 1. The maximum Gasteiger partial charge on any atom is 0.222 e. The van der Waals surface area contributed by atoms with Gasteiger partial charge in [0.05, 0.1) is 0 Å². The maximum atomic E-state index is 12.0. The normalized spacial score (nSPS) is 10.6. The van der Waals surface area contributed by atoms with Gasteiger partial charge < -0.3 is 9.80 Å².